The van der Waals surface area contributed by atoms with Crippen LogP contribution in [0.3, 0.4) is 0 Å². The number of morpholine rings is 1. The highest BCUT2D eigenvalue weighted by Gasteiger charge is 2.22. The number of nitrogens with zero attached hydrogens (tertiary/aromatic N) is 3. The molecule has 0 amide bonds. The van der Waals surface area contributed by atoms with Crippen molar-refractivity contribution in [2.24, 2.45) is 0 Å². The van der Waals surface area contributed by atoms with Crippen LogP contribution in [0.2, 0.25) is 5.02 Å². The lowest BCUT2D eigenvalue weighted by atomic mass is 10.1. The lowest BCUT2D eigenvalue weighted by molar-refractivity contribution is 0.0335. The molecule has 3 aromatic rings. The van der Waals surface area contributed by atoms with Crippen molar-refractivity contribution in [3.05, 3.63) is 58.9 Å². The lowest BCUT2D eigenvalue weighted by Crippen LogP contribution is -2.36. The molecule has 6 nitrogen and oxygen atoms in total. The highest BCUT2D eigenvalue weighted by Crippen LogP contribution is 2.28. The van der Waals surface area contributed by atoms with Crippen LogP contribution >= 0.6 is 11.6 Å². The van der Waals surface area contributed by atoms with Crippen molar-refractivity contribution in [1.29, 1.82) is 0 Å². The van der Waals surface area contributed by atoms with Crippen LogP contribution in [0.5, 0.6) is 0 Å². The molecule has 7 heteroatoms. The fourth-order valence-corrected chi connectivity index (χ4v) is 3.40. The van der Waals surface area contributed by atoms with Crippen molar-refractivity contribution in [2.75, 3.05) is 26.3 Å². The fraction of sp³-hybridized carbons (Fsp3) is 0.263. The summed E-state index contributed by atoms with van der Waals surface area (Å²) in [7, 11) is 0. The largest absolute Gasteiger partial charge is 0.477 e. The first-order valence-corrected chi connectivity index (χ1v) is 8.81. The number of benzene rings is 1. The summed E-state index contributed by atoms with van der Waals surface area (Å²) in [6, 6.07) is 12.6. The van der Waals surface area contributed by atoms with E-state index in [9.17, 15) is 9.90 Å². The van der Waals surface area contributed by atoms with E-state index < -0.39 is 5.97 Å². The summed E-state index contributed by atoms with van der Waals surface area (Å²) in [5, 5.41) is 10.3. The lowest BCUT2D eigenvalue weighted by Gasteiger charge is -2.26. The number of fused-ring (bicyclic) bond motifs is 1. The number of carbonyl (C=O) groups is 1. The number of aromatic carboxylic acids is 1. The molecular formula is C19H18ClN3O3. The van der Waals surface area contributed by atoms with E-state index >= 15 is 0 Å². The zero-order valence-electron chi connectivity index (χ0n) is 14.1. The number of halogens is 1. The van der Waals surface area contributed by atoms with Crippen molar-refractivity contribution >= 4 is 23.2 Å². The second-order valence-corrected chi connectivity index (χ2v) is 6.65. The molecule has 1 N–H and O–H groups in total. The number of ether oxygens (including phenoxy) is 1. The van der Waals surface area contributed by atoms with E-state index in [0.29, 0.717) is 30.4 Å². The molecule has 0 unspecified atom stereocenters. The Balaban J connectivity index is 1.89. The van der Waals surface area contributed by atoms with E-state index in [0.717, 1.165) is 30.0 Å². The van der Waals surface area contributed by atoms with E-state index in [-0.39, 0.29) is 5.69 Å². The first-order chi connectivity index (χ1) is 12.6. The number of imidazole rings is 1. The van der Waals surface area contributed by atoms with Gasteiger partial charge in [0, 0.05) is 30.2 Å². The fourth-order valence-electron chi connectivity index (χ4n) is 3.28. The number of hydrogen-bond donors (Lipinski definition) is 1. The van der Waals surface area contributed by atoms with Crippen molar-refractivity contribution in [1.82, 2.24) is 14.3 Å². The minimum absolute atomic E-state index is 0.207. The van der Waals surface area contributed by atoms with Gasteiger partial charge >= 0.3 is 5.97 Å². The van der Waals surface area contributed by atoms with Gasteiger partial charge in [-0.3, -0.25) is 9.30 Å². The first kappa shape index (κ1) is 17.0. The number of pyridine rings is 1. The maximum atomic E-state index is 11.8. The van der Waals surface area contributed by atoms with Crippen LogP contribution in [0, 0.1) is 0 Å². The predicted octanol–water partition coefficient (Wildman–Crippen LogP) is 3.19. The average molecular weight is 372 g/mol. The Bertz CT molecular complexity index is 947. The predicted molar refractivity (Wildman–Crippen MR) is 98.7 cm³/mol. The summed E-state index contributed by atoms with van der Waals surface area (Å²) in [5.74, 6) is -0.973. The van der Waals surface area contributed by atoms with E-state index in [1.807, 2.05) is 30.3 Å². The number of aromatic nitrogens is 2. The Morgan fingerprint density at radius 2 is 1.88 bits per heavy atom. The molecule has 1 saturated heterocycles. The number of carboxylic acids is 1. The zero-order valence-corrected chi connectivity index (χ0v) is 14.8. The van der Waals surface area contributed by atoms with Crippen molar-refractivity contribution in [2.45, 2.75) is 6.54 Å². The van der Waals surface area contributed by atoms with Crippen LogP contribution < -0.4 is 0 Å². The minimum Gasteiger partial charge on any atom is -0.477 e. The summed E-state index contributed by atoms with van der Waals surface area (Å²) in [6.45, 7) is 3.58. The Hall–Kier alpha value is -2.41. The molecule has 3 heterocycles. The smallest absolute Gasteiger partial charge is 0.352 e. The Morgan fingerprint density at radius 1 is 1.15 bits per heavy atom. The molecule has 134 valence electrons. The molecule has 0 saturated carbocycles. The molecule has 0 spiro atoms. The third-order valence-corrected chi connectivity index (χ3v) is 4.80. The maximum Gasteiger partial charge on any atom is 0.352 e. The van der Waals surface area contributed by atoms with Crippen LogP contribution in [-0.2, 0) is 11.3 Å². The third-order valence-electron chi connectivity index (χ3n) is 4.55. The number of carboxylic acid groups (broad SMARTS) is 1. The molecule has 0 bridgehead atoms. The summed E-state index contributed by atoms with van der Waals surface area (Å²) < 4.78 is 7.16. The van der Waals surface area contributed by atoms with Gasteiger partial charge in [-0.15, -0.1) is 0 Å². The van der Waals surface area contributed by atoms with Gasteiger partial charge in [-0.25, -0.2) is 9.78 Å². The van der Waals surface area contributed by atoms with Gasteiger partial charge in [0.15, 0.2) is 0 Å². The van der Waals surface area contributed by atoms with Crippen molar-refractivity contribution < 1.29 is 14.6 Å². The van der Waals surface area contributed by atoms with Gasteiger partial charge in [-0.1, -0.05) is 29.8 Å². The van der Waals surface area contributed by atoms with Crippen LogP contribution in [0.15, 0.2) is 42.5 Å². The van der Waals surface area contributed by atoms with E-state index in [4.69, 9.17) is 21.3 Å². The standard InChI is InChI=1S/C19H18ClN3O3/c20-14-6-4-13(5-7-14)18-16(12-22-8-10-26-11-9-22)23-15(19(24)25)2-1-3-17(23)21-18/h1-7H,8-12H2,(H,24,25). The van der Waals surface area contributed by atoms with E-state index in [1.54, 1.807) is 16.5 Å². The van der Waals surface area contributed by atoms with Gasteiger partial charge in [0.1, 0.15) is 11.3 Å². The summed E-state index contributed by atoms with van der Waals surface area (Å²) in [4.78, 5) is 18.7. The molecular weight excluding hydrogens is 354 g/mol. The second-order valence-electron chi connectivity index (χ2n) is 6.21. The topological polar surface area (TPSA) is 67.1 Å². The average Bonchev–Trinajstić information content (AvgIpc) is 3.01. The van der Waals surface area contributed by atoms with Crippen LogP contribution in [0.25, 0.3) is 16.9 Å². The second kappa shape index (κ2) is 7.07. The summed E-state index contributed by atoms with van der Waals surface area (Å²) >= 11 is 6.01. The van der Waals surface area contributed by atoms with Gasteiger partial charge in [0.2, 0.25) is 0 Å². The quantitative estimate of drug-likeness (QED) is 0.763. The van der Waals surface area contributed by atoms with Crippen molar-refractivity contribution in [3.8, 4) is 11.3 Å². The first-order valence-electron chi connectivity index (χ1n) is 8.43. The van der Waals surface area contributed by atoms with Gasteiger partial charge in [-0.05, 0) is 24.3 Å². The molecule has 2 aromatic heterocycles. The van der Waals surface area contributed by atoms with E-state index in [1.165, 1.54) is 0 Å². The van der Waals surface area contributed by atoms with Crippen LogP contribution in [-0.4, -0.2) is 51.7 Å². The molecule has 4 rings (SSSR count). The Morgan fingerprint density at radius 3 is 2.58 bits per heavy atom. The Labute approximate surface area is 155 Å². The summed E-state index contributed by atoms with van der Waals surface area (Å²) in [5.41, 5.74) is 3.39. The highest BCUT2D eigenvalue weighted by atomic mass is 35.5. The van der Waals surface area contributed by atoms with Crippen molar-refractivity contribution in [3.63, 3.8) is 0 Å². The van der Waals surface area contributed by atoms with Gasteiger partial charge in [-0.2, -0.15) is 0 Å². The molecule has 1 aromatic carbocycles. The minimum atomic E-state index is -0.973. The Kier molecular flexibility index (Phi) is 4.63. The molecule has 1 fully saturated rings. The molecule has 0 aliphatic carbocycles. The van der Waals surface area contributed by atoms with Gasteiger partial charge in [0.05, 0.1) is 24.6 Å². The molecule has 1 aliphatic heterocycles. The van der Waals surface area contributed by atoms with Gasteiger partial charge < -0.3 is 9.84 Å². The zero-order chi connectivity index (χ0) is 18.1. The highest BCUT2D eigenvalue weighted by molar-refractivity contribution is 6.30. The molecule has 0 atom stereocenters. The number of rotatable bonds is 4. The monoisotopic (exact) mass is 371 g/mol. The number of hydrogen-bond acceptors (Lipinski definition) is 4. The van der Waals surface area contributed by atoms with Crippen LogP contribution in [0.4, 0.5) is 0 Å². The van der Waals surface area contributed by atoms with Crippen LogP contribution in [0.1, 0.15) is 16.2 Å². The van der Waals surface area contributed by atoms with E-state index in [2.05, 4.69) is 4.90 Å². The SMILES string of the molecule is O=C(O)c1cccc2nc(-c3ccc(Cl)cc3)c(CN3CCOCC3)n12. The summed E-state index contributed by atoms with van der Waals surface area (Å²) in [6.07, 6.45) is 0. The normalized spacial score (nSPS) is 15.4. The maximum absolute atomic E-state index is 11.8. The van der Waals surface area contributed by atoms with Gasteiger partial charge in [0.25, 0.3) is 0 Å². The molecule has 26 heavy (non-hydrogen) atoms. The molecule has 1 aliphatic rings. The molecule has 0 radical (unpaired) electrons. The third kappa shape index (κ3) is 3.19.